The summed E-state index contributed by atoms with van der Waals surface area (Å²) in [5.41, 5.74) is 3.03. The van der Waals surface area contributed by atoms with Gasteiger partial charge in [0.25, 0.3) is 0 Å². The fourth-order valence-corrected chi connectivity index (χ4v) is 3.00. The first-order valence-electron chi connectivity index (χ1n) is 6.59. The number of hydrogen-bond donors (Lipinski definition) is 1. The SMILES string of the molecule is CCc1cccnc1-c1nc(=S)c(Br)c(C(C)(C)C)[nH]1. The van der Waals surface area contributed by atoms with Crippen LogP contribution in [0.4, 0.5) is 0 Å². The third-order valence-electron chi connectivity index (χ3n) is 3.11. The molecule has 0 atom stereocenters. The Morgan fingerprint density at radius 3 is 2.65 bits per heavy atom. The first kappa shape index (κ1) is 15.3. The van der Waals surface area contributed by atoms with Gasteiger partial charge in [-0.3, -0.25) is 4.98 Å². The Morgan fingerprint density at radius 2 is 2.05 bits per heavy atom. The van der Waals surface area contributed by atoms with Crippen molar-refractivity contribution in [2.24, 2.45) is 0 Å². The molecule has 0 aliphatic carbocycles. The van der Waals surface area contributed by atoms with Crippen LogP contribution in [0.5, 0.6) is 0 Å². The summed E-state index contributed by atoms with van der Waals surface area (Å²) in [4.78, 5) is 12.3. The van der Waals surface area contributed by atoms with Gasteiger partial charge in [-0.2, -0.15) is 0 Å². The Kier molecular flexibility index (Phi) is 4.39. The lowest BCUT2D eigenvalue weighted by Crippen LogP contribution is -2.16. The van der Waals surface area contributed by atoms with Crippen molar-refractivity contribution >= 4 is 28.1 Å². The van der Waals surface area contributed by atoms with Crippen LogP contribution < -0.4 is 0 Å². The third-order valence-corrected chi connectivity index (χ3v) is 4.44. The van der Waals surface area contributed by atoms with Gasteiger partial charge in [-0.25, -0.2) is 4.98 Å². The number of aromatic amines is 1. The molecule has 0 saturated heterocycles. The van der Waals surface area contributed by atoms with Crippen molar-refractivity contribution in [1.29, 1.82) is 0 Å². The van der Waals surface area contributed by atoms with E-state index in [-0.39, 0.29) is 5.41 Å². The Labute approximate surface area is 133 Å². The number of nitrogens with one attached hydrogen (secondary N) is 1. The minimum absolute atomic E-state index is 0.0504. The molecule has 0 saturated carbocycles. The van der Waals surface area contributed by atoms with E-state index in [1.165, 1.54) is 0 Å². The van der Waals surface area contributed by atoms with Crippen LogP contribution >= 0.6 is 28.1 Å². The zero-order chi connectivity index (χ0) is 14.9. The molecule has 5 heteroatoms. The van der Waals surface area contributed by atoms with Crippen LogP contribution in [-0.4, -0.2) is 15.0 Å². The molecule has 0 aliphatic heterocycles. The third kappa shape index (κ3) is 2.99. The van der Waals surface area contributed by atoms with Crippen molar-refractivity contribution < 1.29 is 0 Å². The van der Waals surface area contributed by atoms with Crippen molar-refractivity contribution in [2.75, 3.05) is 0 Å². The highest BCUT2D eigenvalue weighted by Gasteiger charge is 2.21. The van der Waals surface area contributed by atoms with Gasteiger partial charge in [0, 0.05) is 17.3 Å². The summed E-state index contributed by atoms with van der Waals surface area (Å²) in [5.74, 6) is 0.737. The number of halogens is 1. The maximum Gasteiger partial charge on any atom is 0.158 e. The Hall–Kier alpha value is -1.07. The minimum atomic E-state index is -0.0504. The van der Waals surface area contributed by atoms with Crippen molar-refractivity contribution in [3.05, 3.63) is 38.7 Å². The molecule has 0 spiro atoms. The highest BCUT2D eigenvalue weighted by molar-refractivity contribution is 9.10. The maximum atomic E-state index is 5.37. The fourth-order valence-electron chi connectivity index (χ4n) is 2.02. The maximum absolute atomic E-state index is 5.37. The molecule has 2 rings (SSSR count). The van der Waals surface area contributed by atoms with Crippen molar-refractivity contribution in [2.45, 2.75) is 39.5 Å². The number of hydrogen-bond acceptors (Lipinski definition) is 3. The first-order chi connectivity index (χ1) is 9.34. The summed E-state index contributed by atoms with van der Waals surface area (Å²) in [7, 11) is 0. The molecule has 0 aromatic carbocycles. The first-order valence-corrected chi connectivity index (χ1v) is 7.79. The van der Waals surface area contributed by atoms with E-state index in [1.807, 2.05) is 6.07 Å². The van der Waals surface area contributed by atoms with E-state index in [4.69, 9.17) is 12.2 Å². The van der Waals surface area contributed by atoms with Gasteiger partial charge in [-0.05, 0) is 34.0 Å². The topological polar surface area (TPSA) is 41.6 Å². The predicted octanol–water partition coefficient (Wildman–Crippen LogP) is 4.82. The molecule has 20 heavy (non-hydrogen) atoms. The highest BCUT2D eigenvalue weighted by atomic mass is 79.9. The van der Waals surface area contributed by atoms with E-state index in [2.05, 4.69) is 64.6 Å². The van der Waals surface area contributed by atoms with E-state index >= 15 is 0 Å². The number of nitrogens with zero attached hydrogens (tertiary/aromatic N) is 2. The van der Waals surface area contributed by atoms with Crippen LogP contribution in [0.3, 0.4) is 0 Å². The molecule has 0 aliphatic rings. The van der Waals surface area contributed by atoms with E-state index in [1.54, 1.807) is 6.20 Å². The average molecular weight is 352 g/mol. The summed E-state index contributed by atoms with van der Waals surface area (Å²) in [6.07, 6.45) is 2.69. The summed E-state index contributed by atoms with van der Waals surface area (Å²) < 4.78 is 1.43. The van der Waals surface area contributed by atoms with Gasteiger partial charge in [0.05, 0.1) is 4.47 Å². The van der Waals surface area contributed by atoms with E-state index in [0.29, 0.717) is 4.64 Å². The van der Waals surface area contributed by atoms with Gasteiger partial charge in [0.1, 0.15) is 10.3 Å². The smallest absolute Gasteiger partial charge is 0.158 e. The molecule has 106 valence electrons. The predicted molar refractivity (Wildman–Crippen MR) is 88.4 cm³/mol. The Morgan fingerprint density at radius 1 is 1.35 bits per heavy atom. The van der Waals surface area contributed by atoms with Gasteiger partial charge >= 0.3 is 0 Å². The monoisotopic (exact) mass is 351 g/mol. The minimum Gasteiger partial charge on any atom is -0.340 e. The Balaban J connectivity index is 2.71. The second-order valence-corrected chi connectivity index (χ2v) is 6.87. The number of aryl methyl sites for hydroxylation is 1. The van der Waals surface area contributed by atoms with E-state index in [9.17, 15) is 0 Å². The fraction of sp³-hybridized carbons (Fsp3) is 0.400. The Bertz CT molecular complexity index is 686. The normalized spacial score (nSPS) is 11.7. The van der Waals surface area contributed by atoms with Crippen molar-refractivity contribution in [1.82, 2.24) is 15.0 Å². The molecule has 1 N–H and O–H groups in total. The lowest BCUT2D eigenvalue weighted by Gasteiger charge is -2.21. The van der Waals surface area contributed by atoms with Crippen LogP contribution in [0.15, 0.2) is 22.8 Å². The van der Waals surface area contributed by atoms with Crippen LogP contribution in [-0.2, 0) is 11.8 Å². The van der Waals surface area contributed by atoms with Gasteiger partial charge in [0.2, 0.25) is 0 Å². The van der Waals surface area contributed by atoms with Crippen LogP contribution in [0.25, 0.3) is 11.5 Å². The van der Waals surface area contributed by atoms with Gasteiger partial charge < -0.3 is 4.98 Å². The van der Waals surface area contributed by atoms with E-state index in [0.717, 1.165) is 33.7 Å². The highest BCUT2D eigenvalue weighted by Crippen LogP contribution is 2.30. The zero-order valence-electron chi connectivity index (χ0n) is 12.1. The number of pyridine rings is 1. The number of rotatable bonds is 2. The van der Waals surface area contributed by atoms with Gasteiger partial charge in [0.15, 0.2) is 5.82 Å². The van der Waals surface area contributed by atoms with Crippen LogP contribution in [0.2, 0.25) is 0 Å². The summed E-state index contributed by atoms with van der Waals surface area (Å²) in [6, 6.07) is 4.01. The van der Waals surface area contributed by atoms with Gasteiger partial charge in [-0.1, -0.05) is 46.0 Å². The summed E-state index contributed by atoms with van der Waals surface area (Å²) in [5, 5.41) is 0. The summed E-state index contributed by atoms with van der Waals surface area (Å²) in [6.45, 7) is 8.53. The molecule has 3 nitrogen and oxygen atoms in total. The molecule has 0 unspecified atom stereocenters. The van der Waals surface area contributed by atoms with Gasteiger partial charge in [-0.15, -0.1) is 0 Å². The average Bonchev–Trinajstić information content (AvgIpc) is 2.40. The molecular formula is C15H18BrN3S. The molecular weight excluding hydrogens is 334 g/mol. The lowest BCUT2D eigenvalue weighted by molar-refractivity contribution is 0.563. The largest absolute Gasteiger partial charge is 0.340 e. The van der Waals surface area contributed by atoms with E-state index < -0.39 is 0 Å². The quantitative estimate of drug-likeness (QED) is 0.788. The van der Waals surface area contributed by atoms with Crippen LogP contribution in [0, 0.1) is 4.64 Å². The zero-order valence-corrected chi connectivity index (χ0v) is 14.5. The second-order valence-electron chi connectivity index (χ2n) is 5.69. The molecule has 0 radical (unpaired) electrons. The van der Waals surface area contributed by atoms with Crippen molar-refractivity contribution in [3.8, 4) is 11.5 Å². The lowest BCUT2D eigenvalue weighted by atomic mass is 9.92. The number of H-pyrrole nitrogens is 1. The molecule has 0 fully saturated rings. The molecule has 2 aromatic rings. The molecule has 0 bridgehead atoms. The number of aromatic nitrogens is 3. The molecule has 2 heterocycles. The standard InChI is InChI=1S/C15H18BrN3S/c1-5-9-7-6-8-17-11(9)13-18-12(15(2,3)4)10(16)14(20)19-13/h6-8H,5H2,1-4H3,(H,18,19,20). The second kappa shape index (κ2) is 5.74. The molecule has 2 aromatic heterocycles. The van der Waals surface area contributed by atoms with Crippen molar-refractivity contribution in [3.63, 3.8) is 0 Å². The van der Waals surface area contributed by atoms with Crippen LogP contribution in [0.1, 0.15) is 39.0 Å². The molecule has 0 amide bonds. The summed E-state index contributed by atoms with van der Waals surface area (Å²) >= 11 is 8.91.